The lowest BCUT2D eigenvalue weighted by Crippen LogP contribution is -2.18. The molecule has 0 saturated carbocycles. The molecule has 0 atom stereocenters. The Labute approximate surface area is 167 Å². The molecule has 0 fully saturated rings. The zero-order chi connectivity index (χ0) is 20.9. The standard InChI is InChI=1S/C19H21N3O6S/c1-3-9-27-16-8-5-13(10-18(16)26-4-2)12-20-22-29(24,25)14-6-7-15-17(11-14)28-19(23)21-15/h5-8,10-12,22H,3-4,9H2,1-2H3,(H,21,23)/b20-12+. The number of benzene rings is 2. The highest BCUT2D eigenvalue weighted by Gasteiger charge is 2.15. The van der Waals surface area contributed by atoms with Gasteiger partial charge in [-0.25, -0.2) is 9.63 Å². The van der Waals surface area contributed by atoms with Crippen LogP contribution in [-0.4, -0.2) is 32.8 Å². The fourth-order valence-corrected chi connectivity index (χ4v) is 3.33. The van der Waals surface area contributed by atoms with Gasteiger partial charge in [0.15, 0.2) is 17.1 Å². The van der Waals surface area contributed by atoms with Gasteiger partial charge in [0, 0.05) is 6.07 Å². The summed E-state index contributed by atoms with van der Waals surface area (Å²) in [7, 11) is -3.93. The van der Waals surface area contributed by atoms with Crippen molar-refractivity contribution in [2.45, 2.75) is 25.2 Å². The summed E-state index contributed by atoms with van der Waals surface area (Å²) in [6.45, 7) is 4.91. The minimum atomic E-state index is -3.93. The summed E-state index contributed by atoms with van der Waals surface area (Å²) in [6.07, 6.45) is 2.23. The van der Waals surface area contributed by atoms with Gasteiger partial charge in [0.05, 0.1) is 29.8 Å². The summed E-state index contributed by atoms with van der Waals surface area (Å²) in [5.41, 5.74) is 1.18. The minimum Gasteiger partial charge on any atom is -0.490 e. The summed E-state index contributed by atoms with van der Waals surface area (Å²) in [6, 6.07) is 9.25. The van der Waals surface area contributed by atoms with Crippen LogP contribution < -0.4 is 20.1 Å². The topological polar surface area (TPSA) is 123 Å². The van der Waals surface area contributed by atoms with Crippen LogP contribution in [0, 0.1) is 0 Å². The monoisotopic (exact) mass is 419 g/mol. The van der Waals surface area contributed by atoms with E-state index >= 15 is 0 Å². The first-order chi connectivity index (χ1) is 13.9. The van der Waals surface area contributed by atoms with Crippen LogP contribution in [0.1, 0.15) is 25.8 Å². The molecular formula is C19H21N3O6S. The van der Waals surface area contributed by atoms with Gasteiger partial charge in [-0.3, -0.25) is 4.98 Å². The van der Waals surface area contributed by atoms with Crippen LogP contribution in [0.25, 0.3) is 11.1 Å². The van der Waals surface area contributed by atoms with Crippen LogP contribution in [-0.2, 0) is 10.0 Å². The summed E-state index contributed by atoms with van der Waals surface area (Å²) in [5, 5.41) is 3.81. The maximum absolute atomic E-state index is 12.4. The molecule has 1 aromatic heterocycles. The predicted molar refractivity (Wildman–Crippen MR) is 108 cm³/mol. The molecule has 154 valence electrons. The molecule has 9 nitrogen and oxygen atoms in total. The lowest BCUT2D eigenvalue weighted by atomic mass is 10.2. The van der Waals surface area contributed by atoms with Gasteiger partial charge in [-0.15, -0.1) is 0 Å². The number of nitrogens with one attached hydrogen (secondary N) is 2. The van der Waals surface area contributed by atoms with Crippen molar-refractivity contribution in [2.24, 2.45) is 5.10 Å². The zero-order valence-electron chi connectivity index (χ0n) is 16.0. The maximum atomic E-state index is 12.4. The number of aromatic nitrogens is 1. The molecule has 3 rings (SSSR count). The molecule has 2 aromatic carbocycles. The number of hydrogen-bond donors (Lipinski definition) is 2. The van der Waals surface area contributed by atoms with Crippen LogP contribution in [0.3, 0.4) is 0 Å². The number of H-pyrrole nitrogens is 1. The fraction of sp³-hybridized carbons (Fsp3) is 0.263. The van der Waals surface area contributed by atoms with E-state index in [0.29, 0.717) is 35.8 Å². The number of aromatic amines is 1. The van der Waals surface area contributed by atoms with Gasteiger partial charge in [-0.2, -0.15) is 13.5 Å². The van der Waals surface area contributed by atoms with E-state index in [1.807, 2.05) is 13.8 Å². The third-order valence-corrected chi connectivity index (χ3v) is 5.04. The second kappa shape index (κ2) is 8.82. The second-order valence-electron chi connectivity index (χ2n) is 6.01. The van der Waals surface area contributed by atoms with Crippen LogP contribution in [0.2, 0.25) is 0 Å². The number of fused-ring (bicyclic) bond motifs is 1. The zero-order valence-corrected chi connectivity index (χ0v) is 16.8. The molecule has 1 heterocycles. The molecule has 2 N–H and O–H groups in total. The first kappa shape index (κ1) is 20.5. The molecule has 0 aliphatic rings. The van der Waals surface area contributed by atoms with Crippen molar-refractivity contribution < 1.29 is 22.3 Å². The SMILES string of the molecule is CCCOc1ccc(/C=N/NS(=O)(=O)c2ccc3[nH]c(=O)oc3c2)cc1OCC. The first-order valence-corrected chi connectivity index (χ1v) is 10.5. The smallest absolute Gasteiger partial charge is 0.417 e. The molecule has 29 heavy (non-hydrogen) atoms. The third-order valence-electron chi connectivity index (χ3n) is 3.82. The maximum Gasteiger partial charge on any atom is 0.417 e. The number of nitrogens with zero attached hydrogens (tertiary/aromatic N) is 1. The Bertz CT molecular complexity index is 1180. The van der Waals surface area contributed by atoms with Gasteiger partial charge < -0.3 is 13.9 Å². The Kier molecular flexibility index (Phi) is 6.23. The van der Waals surface area contributed by atoms with Gasteiger partial charge in [-0.1, -0.05) is 6.92 Å². The average molecular weight is 419 g/mol. The van der Waals surface area contributed by atoms with Crippen molar-refractivity contribution in [2.75, 3.05) is 13.2 Å². The number of sulfonamides is 1. The molecule has 0 amide bonds. The van der Waals surface area contributed by atoms with Crippen LogP contribution in [0.4, 0.5) is 0 Å². The molecule has 0 radical (unpaired) electrons. The minimum absolute atomic E-state index is 0.0804. The number of hydrogen-bond acceptors (Lipinski definition) is 7. The molecule has 0 aliphatic carbocycles. The highest BCUT2D eigenvalue weighted by atomic mass is 32.2. The van der Waals surface area contributed by atoms with E-state index in [4.69, 9.17) is 13.9 Å². The van der Waals surface area contributed by atoms with E-state index in [-0.39, 0.29) is 10.5 Å². The van der Waals surface area contributed by atoms with Gasteiger partial charge in [0.25, 0.3) is 10.0 Å². The van der Waals surface area contributed by atoms with Gasteiger partial charge >= 0.3 is 5.76 Å². The number of oxazole rings is 1. The summed E-state index contributed by atoms with van der Waals surface area (Å²) in [4.78, 5) is 15.7. The van der Waals surface area contributed by atoms with Crippen molar-refractivity contribution in [3.8, 4) is 11.5 Å². The van der Waals surface area contributed by atoms with E-state index in [0.717, 1.165) is 6.42 Å². The normalized spacial score (nSPS) is 11.8. The van der Waals surface area contributed by atoms with Crippen molar-refractivity contribution in [3.05, 3.63) is 52.5 Å². The molecule has 3 aromatic rings. The average Bonchev–Trinajstić information content (AvgIpc) is 3.06. The molecular weight excluding hydrogens is 398 g/mol. The number of ether oxygens (including phenoxy) is 2. The molecule has 0 spiro atoms. The lowest BCUT2D eigenvalue weighted by molar-refractivity contribution is 0.277. The second-order valence-corrected chi connectivity index (χ2v) is 7.67. The van der Waals surface area contributed by atoms with Crippen LogP contribution in [0.15, 0.2) is 55.6 Å². The molecule has 0 aliphatic heterocycles. The van der Waals surface area contributed by atoms with E-state index in [1.165, 1.54) is 24.4 Å². The molecule has 0 bridgehead atoms. The highest BCUT2D eigenvalue weighted by molar-refractivity contribution is 7.89. The van der Waals surface area contributed by atoms with E-state index in [2.05, 4.69) is 14.9 Å². The predicted octanol–water partition coefficient (Wildman–Crippen LogP) is 2.62. The quantitative estimate of drug-likeness (QED) is 0.406. The molecule has 10 heteroatoms. The third kappa shape index (κ3) is 4.96. The van der Waals surface area contributed by atoms with E-state index < -0.39 is 15.8 Å². The number of rotatable bonds is 9. The van der Waals surface area contributed by atoms with Crippen molar-refractivity contribution >= 4 is 27.3 Å². The number of hydrazone groups is 1. The first-order valence-electron chi connectivity index (χ1n) is 9.00. The lowest BCUT2D eigenvalue weighted by Gasteiger charge is -2.11. The van der Waals surface area contributed by atoms with Crippen molar-refractivity contribution in [1.29, 1.82) is 0 Å². The van der Waals surface area contributed by atoms with Crippen molar-refractivity contribution in [3.63, 3.8) is 0 Å². The van der Waals surface area contributed by atoms with Gasteiger partial charge in [-0.05, 0) is 49.2 Å². The van der Waals surface area contributed by atoms with E-state index in [1.54, 1.807) is 18.2 Å². The Morgan fingerprint density at radius 2 is 1.97 bits per heavy atom. The fourth-order valence-electron chi connectivity index (χ4n) is 2.52. The van der Waals surface area contributed by atoms with Gasteiger partial charge in [0.1, 0.15) is 0 Å². The Morgan fingerprint density at radius 1 is 1.14 bits per heavy atom. The summed E-state index contributed by atoms with van der Waals surface area (Å²) < 4.78 is 40.9. The molecule has 0 saturated heterocycles. The van der Waals surface area contributed by atoms with Crippen molar-refractivity contribution in [1.82, 2.24) is 9.82 Å². The Morgan fingerprint density at radius 3 is 2.72 bits per heavy atom. The van der Waals surface area contributed by atoms with Crippen LogP contribution in [0.5, 0.6) is 11.5 Å². The molecule has 0 unspecified atom stereocenters. The summed E-state index contributed by atoms with van der Waals surface area (Å²) >= 11 is 0. The largest absolute Gasteiger partial charge is 0.490 e. The Balaban J connectivity index is 1.76. The highest BCUT2D eigenvalue weighted by Crippen LogP contribution is 2.28. The van der Waals surface area contributed by atoms with E-state index in [9.17, 15) is 13.2 Å². The van der Waals surface area contributed by atoms with Crippen LogP contribution >= 0.6 is 0 Å². The van der Waals surface area contributed by atoms with Gasteiger partial charge in [0.2, 0.25) is 0 Å². The Hall–Kier alpha value is -3.27. The summed E-state index contributed by atoms with van der Waals surface area (Å²) in [5.74, 6) is 0.519.